The van der Waals surface area contributed by atoms with E-state index in [4.69, 9.17) is 0 Å². The number of piperidine rings is 1. The first-order chi connectivity index (χ1) is 10.6. The van der Waals surface area contributed by atoms with Gasteiger partial charge in [-0.3, -0.25) is 10.00 Å². The van der Waals surface area contributed by atoms with Gasteiger partial charge in [0.05, 0.1) is 18.0 Å². The predicted octanol–water partition coefficient (Wildman–Crippen LogP) is 2.81. The fourth-order valence-electron chi connectivity index (χ4n) is 3.16. The molecule has 2 aromatic rings. The lowest BCUT2D eigenvalue weighted by Crippen LogP contribution is -2.36. The lowest BCUT2D eigenvalue weighted by molar-refractivity contribution is 0.0696. The average molecular weight is 303 g/mol. The van der Waals surface area contributed by atoms with Gasteiger partial charge in [0.2, 0.25) is 0 Å². The van der Waals surface area contributed by atoms with Gasteiger partial charge in [0.15, 0.2) is 0 Å². The summed E-state index contributed by atoms with van der Waals surface area (Å²) >= 11 is 0. The van der Waals surface area contributed by atoms with Crippen LogP contribution in [0.15, 0.2) is 30.5 Å². The number of aromatic amines is 1. The van der Waals surface area contributed by atoms with E-state index < -0.39 is 0 Å². The molecule has 0 saturated carbocycles. The van der Waals surface area contributed by atoms with Crippen molar-refractivity contribution < 1.29 is 9.50 Å². The van der Waals surface area contributed by atoms with Crippen molar-refractivity contribution in [2.75, 3.05) is 13.1 Å². The van der Waals surface area contributed by atoms with Crippen molar-refractivity contribution >= 4 is 0 Å². The number of benzene rings is 1. The first-order valence-corrected chi connectivity index (χ1v) is 7.82. The summed E-state index contributed by atoms with van der Waals surface area (Å²) in [5, 5.41) is 16.7. The van der Waals surface area contributed by atoms with Crippen molar-refractivity contribution in [2.45, 2.75) is 32.4 Å². The van der Waals surface area contributed by atoms with Crippen LogP contribution in [-0.2, 0) is 6.54 Å². The number of hydrogen-bond acceptors (Lipinski definition) is 3. The summed E-state index contributed by atoms with van der Waals surface area (Å²) in [4.78, 5) is 2.34. The van der Waals surface area contributed by atoms with Gasteiger partial charge >= 0.3 is 0 Å². The Morgan fingerprint density at radius 2 is 2.09 bits per heavy atom. The minimum Gasteiger partial charge on any atom is -0.393 e. The highest BCUT2D eigenvalue weighted by Gasteiger charge is 2.23. The molecule has 5 heteroatoms. The van der Waals surface area contributed by atoms with Crippen LogP contribution in [-0.4, -0.2) is 39.4 Å². The van der Waals surface area contributed by atoms with E-state index in [1.165, 1.54) is 6.07 Å². The molecule has 0 aliphatic carbocycles. The van der Waals surface area contributed by atoms with Gasteiger partial charge in [-0.1, -0.05) is 12.1 Å². The van der Waals surface area contributed by atoms with Gasteiger partial charge in [-0.05, 0) is 50.9 Å². The van der Waals surface area contributed by atoms with Crippen LogP contribution < -0.4 is 0 Å². The molecule has 3 rings (SSSR count). The first kappa shape index (κ1) is 15.2. The second-order valence-electron chi connectivity index (χ2n) is 6.10. The summed E-state index contributed by atoms with van der Waals surface area (Å²) < 4.78 is 14.0. The van der Waals surface area contributed by atoms with E-state index in [0.29, 0.717) is 11.5 Å². The predicted molar refractivity (Wildman–Crippen MR) is 83.7 cm³/mol. The normalized spacial score (nSPS) is 18.5. The monoisotopic (exact) mass is 303 g/mol. The summed E-state index contributed by atoms with van der Waals surface area (Å²) in [6.07, 6.45) is 3.56. The van der Waals surface area contributed by atoms with Gasteiger partial charge in [0.25, 0.3) is 0 Å². The van der Waals surface area contributed by atoms with Gasteiger partial charge in [-0.25, -0.2) is 4.39 Å². The van der Waals surface area contributed by atoms with Crippen LogP contribution >= 0.6 is 0 Å². The number of aliphatic hydroxyl groups is 1. The number of halogens is 1. The molecule has 4 nitrogen and oxygen atoms in total. The zero-order valence-electron chi connectivity index (χ0n) is 12.8. The molecule has 0 bridgehead atoms. The van der Waals surface area contributed by atoms with Crippen LogP contribution in [0.3, 0.4) is 0 Å². The molecule has 118 valence electrons. The zero-order chi connectivity index (χ0) is 15.5. The minimum absolute atomic E-state index is 0.231. The molecule has 1 fully saturated rings. The molecular formula is C17H22FN3O. The number of nitrogens with zero attached hydrogens (tertiary/aromatic N) is 2. The molecule has 1 aliphatic rings. The van der Waals surface area contributed by atoms with Crippen LogP contribution in [0.2, 0.25) is 0 Å². The van der Waals surface area contributed by atoms with Gasteiger partial charge in [0, 0.05) is 17.7 Å². The van der Waals surface area contributed by atoms with Crippen LogP contribution in [0.1, 0.15) is 25.3 Å². The summed E-state index contributed by atoms with van der Waals surface area (Å²) in [5.41, 5.74) is 2.34. The van der Waals surface area contributed by atoms with E-state index in [1.807, 2.05) is 13.0 Å². The van der Waals surface area contributed by atoms with E-state index in [2.05, 4.69) is 15.1 Å². The highest BCUT2D eigenvalue weighted by Crippen LogP contribution is 2.27. The van der Waals surface area contributed by atoms with Crippen molar-refractivity contribution in [3.05, 3.63) is 41.8 Å². The Balaban J connectivity index is 1.70. The van der Waals surface area contributed by atoms with Crippen molar-refractivity contribution in [1.82, 2.24) is 15.1 Å². The SMILES string of the molecule is CC(O)C1CCN(Cc2cn[nH]c2-c2ccccc2F)CC1. The lowest BCUT2D eigenvalue weighted by atomic mass is 9.92. The maximum Gasteiger partial charge on any atom is 0.132 e. The Bertz CT molecular complexity index is 618. The van der Waals surface area contributed by atoms with Crippen molar-refractivity contribution in [2.24, 2.45) is 5.92 Å². The maximum atomic E-state index is 14.0. The van der Waals surface area contributed by atoms with E-state index in [1.54, 1.807) is 18.3 Å². The van der Waals surface area contributed by atoms with Crippen molar-refractivity contribution in [3.63, 3.8) is 0 Å². The van der Waals surface area contributed by atoms with Crippen molar-refractivity contribution in [1.29, 1.82) is 0 Å². The fourth-order valence-corrected chi connectivity index (χ4v) is 3.16. The minimum atomic E-state index is -0.235. The Morgan fingerprint density at radius 3 is 2.77 bits per heavy atom. The standard InChI is InChI=1S/C17H22FN3O/c1-12(22)13-6-8-21(9-7-13)11-14-10-19-20-17(14)15-4-2-3-5-16(15)18/h2-5,10,12-13,22H,6-9,11H2,1H3,(H,19,20). The molecule has 1 atom stereocenters. The van der Waals surface area contributed by atoms with E-state index in [-0.39, 0.29) is 11.9 Å². The number of nitrogens with one attached hydrogen (secondary N) is 1. The highest BCUT2D eigenvalue weighted by molar-refractivity contribution is 5.63. The number of aromatic nitrogens is 2. The molecular weight excluding hydrogens is 281 g/mol. The number of hydrogen-bond donors (Lipinski definition) is 2. The van der Waals surface area contributed by atoms with Gasteiger partial charge in [0.1, 0.15) is 5.82 Å². The first-order valence-electron chi connectivity index (χ1n) is 7.82. The number of likely N-dealkylation sites (tertiary alicyclic amines) is 1. The summed E-state index contributed by atoms with van der Waals surface area (Å²) in [5.74, 6) is 0.160. The van der Waals surface area contributed by atoms with E-state index in [9.17, 15) is 9.50 Å². The molecule has 0 radical (unpaired) electrons. The average Bonchev–Trinajstić information content (AvgIpc) is 2.96. The number of H-pyrrole nitrogens is 1. The van der Waals surface area contributed by atoms with Gasteiger partial charge in [-0.2, -0.15) is 5.10 Å². The molecule has 2 heterocycles. The third-order valence-electron chi connectivity index (χ3n) is 4.57. The molecule has 0 spiro atoms. The second-order valence-corrected chi connectivity index (χ2v) is 6.10. The summed E-state index contributed by atoms with van der Waals surface area (Å²) in [7, 11) is 0. The molecule has 22 heavy (non-hydrogen) atoms. The van der Waals surface area contributed by atoms with Gasteiger partial charge < -0.3 is 5.11 Å². The van der Waals surface area contributed by atoms with E-state index in [0.717, 1.165) is 43.7 Å². The Hall–Kier alpha value is -1.72. The maximum absolute atomic E-state index is 14.0. The Kier molecular flexibility index (Phi) is 4.55. The van der Waals surface area contributed by atoms with Crippen LogP contribution in [0.4, 0.5) is 4.39 Å². The topological polar surface area (TPSA) is 52.1 Å². The largest absolute Gasteiger partial charge is 0.393 e. The van der Waals surface area contributed by atoms with Crippen LogP contribution in [0.25, 0.3) is 11.3 Å². The smallest absolute Gasteiger partial charge is 0.132 e. The lowest BCUT2D eigenvalue weighted by Gasteiger charge is -2.33. The quantitative estimate of drug-likeness (QED) is 0.913. The third kappa shape index (κ3) is 3.20. The zero-order valence-corrected chi connectivity index (χ0v) is 12.8. The van der Waals surface area contributed by atoms with Crippen LogP contribution in [0.5, 0.6) is 0 Å². The number of aliphatic hydroxyl groups excluding tert-OH is 1. The molecule has 0 amide bonds. The Labute approximate surface area is 130 Å². The molecule has 1 aromatic carbocycles. The fraction of sp³-hybridized carbons (Fsp3) is 0.471. The van der Waals surface area contributed by atoms with Crippen molar-refractivity contribution in [3.8, 4) is 11.3 Å². The third-order valence-corrected chi connectivity index (χ3v) is 4.57. The van der Waals surface area contributed by atoms with E-state index >= 15 is 0 Å². The molecule has 1 aliphatic heterocycles. The van der Waals surface area contributed by atoms with Gasteiger partial charge in [-0.15, -0.1) is 0 Å². The number of rotatable bonds is 4. The van der Waals surface area contributed by atoms with Crippen LogP contribution in [0, 0.1) is 11.7 Å². The summed E-state index contributed by atoms with van der Waals surface area (Å²) in [6, 6.07) is 6.76. The molecule has 2 N–H and O–H groups in total. The summed E-state index contributed by atoms with van der Waals surface area (Å²) in [6.45, 7) is 4.54. The Morgan fingerprint density at radius 1 is 1.36 bits per heavy atom. The highest BCUT2D eigenvalue weighted by atomic mass is 19.1. The molecule has 1 aromatic heterocycles. The molecule has 1 unspecified atom stereocenters. The molecule has 1 saturated heterocycles. The second kappa shape index (κ2) is 6.58.